The van der Waals surface area contributed by atoms with Crippen LogP contribution >= 0.6 is 20.6 Å². The zero-order chi connectivity index (χ0) is 11.1. The summed E-state index contributed by atoms with van der Waals surface area (Å²) in [6.45, 7) is 0. The summed E-state index contributed by atoms with van der Waals surface area (Å²) in [5.74, 6) is 0. The zero-order valence-corrected chi connectivity index (χ0v) is 11.4. The Labute approximate surface area is 102 Å². The second kappa shape index (κ2) is 4.10. The lowest BCUT2D eigenvalue weighted by Crippen LogP contribution is -2.19. The minimum Gasteiger partial charge on any atom is -0.312 e. The van der Waals surface area contributed by atoms with Gasteiger partial charge in [0.2, 0.25) is 0 Å². The molecule has 3 heteroatoms. The van der Waals surface area contributed by atoms with Crippen LogP contribution in [-0.2, 0) is 6.42 Å². The molecule has 2 aromatic rings. The maximum absolute atomic E-state index is 3.44. The van der Waals surface area contributed by atoms with E-state index in [9.17, 15) is 0 Å². The summed E-state index contributed by atoms with van der Waals surface area (Å²) < 4.78 is 1.44. The van der Waals surface area contributed by atoms with E-state index >= 15 is 0 Å². The smallest absolute Gasteiger partial charge is 0.0415 e. The Bertz CT molecular complexity index is 532. The van der Waals surface area contributed by atoms with Gasteiger partial charge in [-0.05, 0) is 54.7 Å². The molecule has 1 aromatic carbocycles. The highest BCUT2D eigenvalue weighted by molar-refractivity contribution is 7.27. The summed E-state index contributed by atoms with van der Waals surface area (Å²) in [5, 5.41) is 6.21. The van der Waals surface area contributed by atoms with E-state index in [0.717, 1.165) is 0 Å². The van der Waals surface area contributed by atoms with Crippen molar-refractivity contribution in [3.63, 3.8) is 0 Å². The van der Waals surface area contributed by atoms with Crippen LogP contribution in [0.3, 0.4) is 0 Å². The Balaban J connectivity index is 2.24. The summed E-state index contributed by atoms with van der Waals surface area (Å²) in [4.78, 5) is 1.57. The Morgan fingerprint density at radius 2 is 2.31 bits per heavy atom. The number of rotatable bonds is 1. The summed E-state index contributed by atoms with van der Waals surface area (Å²) in [5.41, 5.74) is 1.59. The van der Waals surface area contributed by atoms with Gasteiger partial charge in [0.25, 0.3) is 0 Å². The van der Waals surface area contributed by atoms with Gasteiger partial charge in [-0.1, -0.05) is 6.07 Å². The number of fused-ring (bicyclic) bond motifs is 3. The SMILES string of the molecule is CNC1CCCc2c1sc1ccc(P)cc21. The van der Waals surface area contributed by atoms with Gasteiger partial charge in [-0.15, -0.1) is 20.6 Å². The van der Waals surface area contributed by atoms with Gasteiger partial charge in [-0.2, -0.15) is 0 Å². The average molecular weight is 249 g/mol. The molecule has 3 rings (SSSR count). The molecule has 1 nitrogen and oxygen atoms in total. The predicted octanol–water partition coefficient (Wildman–Crippen LogP) is 3.00. The van der Waals surface area contributed by atoms with Crippen LogP contribution in [0.4, 0.5) is 0 Å². The predicted molar refractivity (Wildman–Crippen MR) is 75.9 cm³/mol. The lowest BCUT2D eigenvalue weighted by atomic mass is 9.93. The molecule has 16 heavy (non-hydrogen) atoms. The number of thiophene rings is 1. The van der Waals surface area contributed by atoms with Crippen LogP contribution in [0, 0.1) is 0 Å². The summed E-state index contributed by atoms with van der Waals surface area (Å²) >= 11 is 1.97. The summed E-state index contributed by atoms with van der Waals surface area (Å²) in [6, 6.07) is 7.33. The van der Waals surface area contributed by atoms with Gasteiger partial charge in [0.15, 0.2) is 0 Å². The molecule has 0 spiro atoms. The number of aryl methyl sites for hydroxylation is 1. The van der Waals surface area contributed by atoms with E-state index < -0.39 is 0 Å². The molecule has 2 unspecified atom stereocenters. The number of hydrogen-bond acceptors (Lipinski definition) is 2. The van der Waals surface area contributed by atoms with E-state index in [-0.39, 0.29) is 0 Å². The molecule has 1 heterocycles. The fourth-order valence-electron chi connectivity index (χ4n) is 2.61. The first-order valence-electron chi connectivity index (χ1n) is 5.77. The number of nitrogens with one attached hydrogen (secondary N) is 1. The minimum absolute atomic E-state index is 0.578. The molecule has 1 aliphatic carbocycles. The Kier molecular flexibility index (Phi) is 2.75. The average Bonchev–Trinajstić information content (AvgIpc) is 2.67. The van der Waals surface area contributed by atoms with E-state index in [1.165, 1.54) is 34.7 Å². The van der Waals surface area contributed by atoms with E-state index in [2.05, 4.69) is 39.8 Å². The lowest BCUT2D eigenvalue weighted by molar-refractivity contribution is 0.507. The maximum atomic E-state index is 3.44. The quantitative estimate of drug-likeness (QED) is 0.766. The molecule has 84 valence electrons. The van der Waals surface area contributed by atoms with Crippen molar-refractivity contribution in [3.8, 4) is 0 Å². The topological polar surface area (TPSA) is 12.0 Å². The molecule has 0 saturated heterocycles. The molecule has 1 aliphatic rings. The fourth-order valence-corrected chi connectivity index (χ4v) is 4.26. The first-order chi connectivity index (χ1) is 7.79. The van der Waals surface area contributed by atoms with Gasteiger partial charge in [-0.25, -0.2) is 0 Å². The van der Waals surface area contributed by atoms with Crippen LogP contribution in [-0.4, -0.2) is 7.05 Å². The van der Waals surface area contributed by atoms with E-state index in [1.54, 1.807) is 10.4 Å². The molecule has 0 fully saturated rings. The molecule has 1 aromatic heterocycles. The number of hydrogen-bond donors (Lipinski definition) is 1. The largest absolute Gasteiger partial charge is 0.312 e. The standard InChI is InChI=1S/C13H16NPS/c1-14-11-4-2-3-9-10-7-8(15)5-6-12(10)16-13(9)11/h5-7,11,14H,2-4,15H2,1H3. The van der Waals surface area contributed by atoms with Gasteiger partial charge in [0.1, 0.15) is 0 Å². The van der Waals surface area contributed by atoms with Crippen LogP contribution < -0.4 is 10.6 Å². The van der Waals surface area contributed by atoms with Crippen LogP contribution in [0.1, 0.15) is 29.3 Å². The van der Waals surface area contributed by atoms with Crippen LogP contribution in [0.25, 0.3) is 10.1 Å². The number of benzene rings is 1. The van der Waals surface area contributed by atoms with Crippen LogP contribution in [0.5, 0.6) is 0 Å². The third-order valence-corrected chi connectivity index (χ3v) is 5.12. The van der Waals surface area contributed by atoms with Crippen LogP contribution in [0.15, 0.2) is 18.2 Å². The normalized spacial score (nSPS) is 20.0. The molecular weight excluding hydrogens is 233 g/mol. The van der Waals surface area contributed by atoms with Gasteiger partial charge in [-0.3, -0.25) is 0 Å². The Morgan fingerprint density at radius 1 is 1.44 bits per heavy atom. The molecule has 0 aliphatic heterocycles. The second-order valence-corrected chi connectivity index (χ2v) is 6.18. The van der Waals surface area contributed by atoms with E-state index in [0.29, 0.717) is 6.04 Å². The lowest BCUT2D eigenvalue weighted by Gasteiger charge is -2.21. The van der Waals surface area contributed by atoms with Crippen molar-refractivity contribution in [3.05, 3.63) is 28.6 Å². The summed E-state index contributed by atoms with van der Waals surface area (Å²) in [7, 11) is 4.87. The molecule has 0 bridgehead atoms. The van der Waals surface area contributed by atoms with Crippen LogP contribution in [0.2, 0.25) is 0 Å². The van der Waals surface area contributed by atoms with Crippen molar-refractivity contribution >= 4 is 36.0 Å². The van der Waals surface area contributed by atoms with Crippen molar-refractivity contribution < 1.29 is 0 Å². The zero-order valence-electron chi connectivity index (χ0n) is 9.42. The van der Waals surface area contributed by atoms with Gasteiger partial charge < -0.3 is 5.32 Å². The second-order valence-electron chi connectivity index (χ2n) is 4.43. The molecule has 0 saturated carbocycles. The molecule has 0 radical (unpaired) electrons. The Morgan fingerprint density at radius 3 is 3.12 bits per heavy atom. The van der Waals surface area contributed by atoms with Gasteiger partial charge >= 0.3 is 0 Å². The van der Waals surface area contributed by atoms with Crippen molar-refractivity contribution in [2.45, 2.75) is 25.3 Å². The highest BCUT2D eigenvalue weighted by Crippen LogP contribution is 2.40. The molecule has 1 N–H and O–H groups in total. The van der Waals surface area contributed by atoms with Crippen molar-refractivity contribution in [1.82, 2.24) is 5.32 Å². The molecule has 2 atom stereocenters. The first kappa shape index (κ1) is 10.7. The van der Waals surface area contributed by atoms with Gasteiger partial charge in [0, 0.05) is 15.6 Å². The van der Waals surface area contributed by atoms with E-state index in [4.69, 9.17) is 0 Å². The highest BCUT2D eigenvalue weighted by atomic mass is 32.1. The monoisotopic (exact) mass is 249 g/mol. The molecular formula is C13H16NPS. The maximum Gasteiger partial charge on any atom is 0.0415 e. The molecule has 0 amide bonds. The fraction of sp³-hybridized carbons (Fsp3) is 0.385. The first-order valence-corrected chi connectivity index (χ1v) is 7.17. The summed E-state index contributed by atoms with van der Waals surface area (Å²) in [6.07, 6.45) is 3.84. The van der Waals surface area contributed by atoms with Gasteiger partial charge in [0.05, 0.1) is 0 Å². The highest BCUT2D eigenvalue weighted by Gasteiger charge is 2.23. The third kappa shape index (κ3) is 1.60. The van der Waals surface area contributed by atoms with Crippen molar-refractivity contribution in [2.24, 2.45) is 0 Å². The Hall–Kier alpha value is -0.430. The third-order valence-electron chi connectivity index (χ3n) is 3.43. The van der Waals surface area contributed by atoms with Crippen molar-refractivity contribution in [1.29, 1.82) is 0 Å². The van der Waals surface area contributed by atoms with E-state index in [1.807, 2.05) is 11.3 Å². The van der Waals surface area contributed by atoms with Crippen molar-refractivity contribution in [2.75, 3.05) is 7.05 Å². The minimum atomic E-state index is 0.578.